The molecule has 0 aliphatic rings. The molecule has 0 saturated heterocycles. The molecule has 0 fully saturated rings. The molecule has 0 aliphatic carbocycles. The Morgan fingerprint density at radius 1 is 1.42 bits per heavy atom. The maximum atomic E-state index is 12.1. The van der Waals surface area contributed by atoms with Gasteiger partial charge in [0.05, 0.1) is 19.4 Å². The Bertz CT molecular complexity index is 459. The number of likely N-dealkylation sites (N-methyl/N-ethyl adjacent to an activating group) is 1. The lowest BCUT2D eigenvalue weighted by molar-refractivity contribution is -0.138. The van der Waals surface area contributed by atoms with Gasteiger partial charge in [-0.25, -0.2) is 0 Å². The highest BCUT2D eigenvalue weighted by Crippen LogP contribution is 2.22. The first-order valence-electron chi connectivity index (χ1n) is 6.06. The minimum Gasteiger partial charge on any atom is -0.497 e. The van der Waals surface area contributed by atoms with E-state index in [2.05, 4.69) is 0 Å². The van der Waals surface area contributed by atoms with Crippen LogP contribution in [0.2, 0.25) is 0 Å². The van der Waals surface area contributed by atoms with Crippen LogP contribution in [0.5, 0.6) is 5.75 Å². The van der Waals surface area contributed by atoms with Gasteiger partial charge in [-0.1, -0.05) is 12.1 Å². The van der Waals surface area contributed by atoms with Crippen molar-refractivity contribution in [1.29, 1.82) is 0 Å². The molecule has 0 bridgehead atoms. The molecule has 0 spiro atoms. The van der Waals surface area contributed by atoms with Gasteiger partial charge < -0.3 is 14.7 Å². The lowest BCUT2D eigenvalue weighted by Crippen LogP contribution is -2.32. The van der Waals surface area contributed by atoms with Gasteiger partial charge in [0.15, 0.2) is 0 Å². The summed E-state index contributed by atoms with van der Waals surface area (Å²) in [6.45, 7) is 2.01. The van der Waals surface area contributed by atoms with E-state index >= 15 is 0 Å². The molecule has 1 aromatic carbocycles. The molecule has 5 heteroatoms. The molecular weight excluding hydrogens is 246 g/mol. The van der Waals surface area contributed by atoms with Crippen molar-refractivity contribution in [3.8, 4) is 5.75 Å². The van der Waals surface area contributed by atoms with Gasteiger partial charge in [-0.15, -0.1) is 0 Å². The fraction of sp³-hybridized carbons (Fsp3) is 0.429. The fourth-order valence-electron chi connectivity index (χ4n) is 1.76. The highest BCUT2D eigenvalue weighted by Gasteiger charge is 2.20. The quantitative estimate of drug-likeness (QED) is 0.850. The van der Waals surface area contributed by atoms with Crippen molar-refractivity contribution in [3.05, 3.63) is 29.8 Å². The predicted octanol–water partition coefficient (Wildman–Crippen LogP) is 1.73. The molecule has 1 aromatic rings. The smallest absolute Gasteiger partial charge is 0.305 e. The molecule has 5 nitrogen and oxygen atoms in total. The number of benzene rings is 1. The first kappa shape index (κ1) is 15.0. The SMILES string of the molecule is COc1cccc(C(C)C(=O)N(C)CCC(=O)O)c1. The van der Waals surface area contributed by atoms with Crippen molar-refractivity contribution in [1.82, 2.24) is 4.90 Å². The van der Waals surface area contributed by atoms with Crippen molar-refractivity contribution in [3.63, 3.8) is 0 Å². The van der Waals surface area contributed by atoms with E-state index in [1.165, 1.54) is 4.90 Å². The highest BCUT2D eigenvalue weighted by molar-refractivity contribution is 5.83. The normalized spacial score (nSPS) is 11.7. The third-order valence-corrected chi connectivity index (χ3v) is 3.00. The second kappa shape index (κ2) is 6.78. The van der Waals surface area contributed by atoms with E-state index in [9.17, 15) is 9.59 Å². The predicted molar refractivity (Wildman–Crippen MR) is 71.3 cm³/mol. The van der Waals surface area contributed by atoms with Gasteiger partial charge in [-0.05, 0) is 24.6 Å². The Morgan fingerprint density at radius 3 is 2.68 bits per heavy atom. The summed E-state index contributed by atoms with van der Waals surface area (Å²) >= 11 is 0. The summed E-state index contributed by atoms with van der Waals surface area (Å²) in [7, 11) is 3.19. The zero-order chi connectivity index (χ0) is 14.4. The third-order valence-electron chi connectivity index (χ3n) is 3.00. The standard InChI is InChI=1S/C14H19NO4/c1-10(11-5-4-6-12(9-11)19-3)14(18)15(2)8-7-13(16)17/h4-6,9-10H,7-8H2,1-3H3,(H,16,17). The van der Waals surface area contributed by atoms with E-state index in [0.29, 0.717) is 5.75 Å². The number of aliphatic carboxylic acids is 1. The van der Waals surface area contributed by atoms with Gasteiger partial charge in [-0.2, -0.15) is 0 Å². The van der Waals surface area contributed by atoms with Crippen LogP contribution in [0.3, 0.4) is 0 Å². The average Bonchev–Trinajstić information content (AvgIpc) is 2.43. The molecule has 0 saturated carbocycles. The maximum absolute atomic E-state index is 12.1. The third kappa shape index (κ3) is 4.28. The van der Waals surface area contributed by atoms with Crippen molar-refractivity contribution in [2.45, 2.75) is 19.3 Å². The van der Waals surface area contributed by atoms with Crippen LogP contribution in [0.4, 0.5) is 0 Å². The van der Waals surface area contributed by atoms with Crippen LogP contribution in [0, 0.1) is 0 Å². The number of amides is 1. The molecule has 1 unspecified atom stereocenters. The Labute approximate surface area is 112 Å². The van der Waals surface area contributed by atoms with Gasteiger partial charge in [-0.3, -0.25) is 9.59 Å². The molecule has 0 heterocycles. The van der Waals surface area contributed by atoms with Crippen LogP contribution in [0.1, 0.15) is 24.8 Å². The van der Waals surface area contributed by atoms with E-state index in [4.69, 9.17) is 9.84 Å². The first-order chi connectivity index (χ1) is 8.95. The summed E-state index contributed by atoms with van der Waals surface area (Å²) in [5.41, 5.74) is 0.853. The number of hydrogen-bond donors (Lipinski definition) is 1. The van der Waals surface area contributed by atoms with Crippen molar-refractivity contribution in [2.24, 2.45) is 0 Å². The second-order valence-corrected chi connectivity index (χ2v) is 4.40. The number of nitrogens with zero attached hydrogens (tertiary/aromatic N) is 1. The Hall–Kier alpha value is -2.04. The summed E-state index contributed by atoms with van der Waals surface area (Å²) in [6.07, 6.45) is -0.0485. The van der Waals surface area contributed by atoms with Gasteiger partial charge >= 0.3 is 5.97 Å². The van der Waals surface area contributed by atoms with Crippen LogP contribution in [-0.4, -0.2) is 42.6 Å². The molecule has 0 aliphatic heterocycles. The van der Waals surface area contributed by atoms with Crippen molar-refractivity contribution >= 4 is 11.9 Å². The summed E-state index contributed by atoms with van der Waals surface area (Å²) < 4.78 is 5.12. The molecular formula is C14H19NO4. The molecule has 0 radical (unpaired) electrons. The monoisotopic (exact) mass is 265 g/mol. The molecule has 1 N–H and O–H groups in total. The molecule has 1 rings (SSSR count). The van der Waals surface area contributed by atoms with Crippen molar-refractivity contribution in [2.75, 3.05) is 20.7 Å². The van der Waals surface area contributed by atoms with Crippen LogP contribution < -0.4 is 4.74 Å². The highest BCUT2D eigenvalue weighted by atomic mass is 16.5. The largest absolute Gasteiger partial charge is 0.497 e. The van der Waals surface area contributed by atoms with Gasteiger partial charge in [0, 0.05) is 13.6 Å². The Kier molecular flexibility index (Phi) is 5.36. The number of ether oxygens (including phenoxy) is 1. The molecule has 0 aromatic heterocycles. The number of carboxylic acid groups (broad SMARTS) is 1. The molecule has 104 valence electrons. The number of carbonyl (C=O) groups excluding carboxylic acids is 1. The second-order valence-electron chi connectivity index (χ2n) is 4.40. The summed E-state index contributed by atoms with van der Waals surface area (Å²) in [6, 6.07) is 7.31. The van der Waals surface area contributed by atoms with Crippen LogP contribution in [0.15, 0.2) is 24.3 Å². The topological polar surface area (TPSA) is 66.8 Å². The average molecular weight is 265 g/mol. The lowest BCUT2D eigenvalue weighted by Gasteiger charge is -2.21. The summed E-state index contributed by atoms with van der Waals surface area (Å²) in [5, 5.41) is 8.61. The van der Waals surface area contributed by atoms with Crippen LogP contribution in [0.25, 0.3) is 0 Å². The number of methoxy groups -OCH3 is 1. The maximum Gasteiger partial charge on any atom is 0.305 e. The van der Waals surface area contributed by atoms with Gasteiger partial charge in [0.25, 0.3) is 0 Å². The number of hydrogen-bond acceptors (Lipinski definition) is 3. The van der Waals surface area contributed by atoms with E-state index in [-0.39, 0.29) is 24.8 Å². The zero-order valence-corrected chi connectivity index (χ0v) is 11.4. The van der Waals surface area contributed by atoms with E-state index in [1.807, 2.05) is 24.3 Å². The number of carboxylic acids is 1. The molecule has 1 amide bonds. The van der Waals surface area contributed by atoms with Gasteiger partial charge in [0.2, 0.25) is 5.91 Å². The lowest BCUT2D eigenvalue weighted by atomic mass is 9.99. The van der Waals surface area contributed by atoms with E-state index in [1.54, 1.807) is 21.1 Å². The number of carbonyl (C=O) groups is 2. The number of rotatable bonds is 6. The Morgan fingerprint density at radius 2 is 2.11 bits per heavy atom. The summed E-state index contributed by atoms with van der Waals surface area (Å²) in [5.74, 6) is -0.637. The van der Waals surface area contributed by atoms with E-state index < -0.39 is 5.97 Å². The first-order valence-corrected chi connectivity index (χ1v) is 6.06. The van der Waals surface area contributed by atoms with Crippen LogP contribution in [-0.2, 0) is 9.59 Å². The zero-order valence-electron chi connectivity index (χ0n) is 11.4. The minimum atomic E-state index is -0.909. The van der Waals surface area contributed by atoms with Crippen LogP contribution >= 0.6 is 0 Å². The van der Waals surface area contributed by atoms with Crippen molar-refractivity contribution < 1.29 is 19.4 Å². The van der Waals surface area contributed by atoms with Gasteiger partial charge in [0.1, 0.15) is 5.75 Å². The molecule has 19 heavy (non-hydrogen) atoms. The molecule has 1 atom stereocenters. The summed E-state index contributed by atoms with van der Waals surface area (Å²) in [4.78, 5) is 24.1. The minimum absolute atomic E-state index is 0.0485. The fourth-order valence-corrected chi connectivity index (χ4v) is 1.76. The Balaban J connectivity index is 2.72. The van der Waals surface area contributed by atoms with E-state index in [0.717, 1.165) is 5.56 Å².